The smallest absolute Gasteiger partial charge is 0.0425 e. The number of nitrogens with zero attached hydrogens (tertiary/aromatic N) is 1. The van der Waals surface area contributed by atoms with Gasteiger partial charge in [0.05, 0.1) is 0 Å². The molecule has 0 radical (unpaired) electrons. The van der Waals surface area contributed by atoms with E-state index in [-0.39, 0.29) is 0 Å². The Morgan fingerprint density at radius 3 is 2.78 bits per heavy atom. The maximum atomic E-state index is 3.61. The van der Waals surface area contributed by atoms with Gasteiger partial charge in [-0.2, -0.15) is 0 Å². The summed E-state index contributed by atoms with van der Waals surface area (Å²) in [5.41, 5.74) is 2.82. The molecule has 2 nitrogen and oxygen atoms in total. The zero-order valence-corrected chi connectivity index (χ0v) is 13.0. The number of benzene rings is 1. The van der Waals surface area contributed by atoms with E-state index in [0.717, 1.165) is 12.6 Å². The summed E-state index contributed by atoms with van der Waals surface area (Å²) >= 11 is 3.61. The Morgan fingerprint density at radius 1 is 1.39 bits per heavy atom. The number of nitrogens with one attached hydrogen (secondary N) is 1. The minimum atomic E-state index is 0.779. The van der Waals surface area contributed by atoms with E-state index >= 15 is 0 Å². The Labute approximate surface area is 119 Å². The molecule has 0 heterocycles. The van der Waals surface area contributed by atoms with Crippen LogP contribution in [-0.2, 0) is 6.54 Å². The Kier molecular flexibility index (Phi) is 5.07. The second-order valence-electron chi connectivity index (χ2n) is 5.08. The molecule has 1 saturated carbocycles. The number of hydrogen-bond acceptors (Lipinski definition) is 2. The van der Waals surface area contributed by atoms with Gasteiger partial charge < -0.3 is 10.2 Å². The minimum Gasteiger partial charge on any atom is -0.368 e. The van der Waals surface area contributed by atoms with Crippen molar-refractivity contribution >= 4 is 21.6 Å². The highest BCUT2D eigenvalue weighted by molar-refractivity contribution is 9.10. The van der Waals surface area contributed by atoms with E-state index in [1.165, 1.54) is 48.0 Å². The van der Waals surface area contributed by atoms with Crippen molar-refractivity contribution in [1.82, 2.24) is 5.32 Å². The molecule has 1 aliphatic rings. The fourth-order valence-electron chi connectivity index (χ4n) is 2.36. The third-order valence-corrected chi connectivity index (χ3v) is 3.96. The standard InChI is InChI=1S/C15H23BrN2/c1-3-4-9-18(14-7-8-14)15-10-13(16)6-5-12(15)11-17-2/h5-6,10,14,17H,3-4,7-9,11H2,1-2H3. The third kappa shape index (κ3) is 3.48. The molecular formula is C15H23BrN2. The zero-order chi connectivity index (χ0) is 13.0. The van der Waals surface area contributed by atoms with Crippen LogP contribution in [0, 0.1) is 0 Å². The summed E-state index contributed by atoms with van der Waals surface area (Å²) in [5, 5.41) is 3.27. The van der Waals surface area contributed by atoms with Crippen molar-refractivity contribution in [2.75, 3.05) is 18.5 Å². The molecular weight excluding hydrogens is 288 g/mol. The molecule has 0 amide bonds. The largest absolute Gasteiger partial charge is 0.368 e. The number of hydrogen-bond donors (Lipinski definition) is 1. The van der Waals surface area contributed by atoms with E-state index in [2.05, 4.69) is 51.3 Å². The molecule has 0 aromatic heterocycles. The molecule has 0 atom stereocenters. The van der Waals surface area contributed by atoms with Crippen molar-refractivity contribution in [3.8, 4) is 0 Å². The highest BCUT2D eigenvalue weighted by atomic mass is 79.9. The van der Waals surface area contributed by atoms with Gasteiger partial charge in [-0.1, -0.05) is 35.3 Å². The molecule has 1 aliphatic carbocycles. The quantitative estimate of drug-likeness (QED) is 0.820. The lowest BCUT2D eigenvalue weighted by Crippen LogP contribution is -2.28. The molecule has 0 saturated heterocycles. The lowest BCUT2D eigenvalue weighted by atomic mass is 10.1. The average molecular weight is 311 g/mol. The van der Waals surface area contributed by atoms with Gasteiger partial charge in [0.1, 0.15) is 0 Å². The molecule has 0 aliphatic heterocycles. The summed E-state index contributed by atoms with van der Waals surface area (Å²) < 4.78 is 1.18. The van der Waals surface area contributed by atoms with Gasteiger partial charge in [-0.15, -0.1) is 0 Å². The van der Waals surface area contributed by atoms with Crippen LogP contribution in [0.4, 0.5) is 5.69 Å². The van der Waals surface area contributed by atoms with E-state index in [4.69, 9.17) is 0 Å². The van der Waals surface area contributed by atoms with Gasteiger partial charge in [0.15, 0.2) is 0 Å². The molecule has 1 N–H and O–H groups in total. The molecule has 0 spiro atoms. The average Bonchev–Trinajstić information content (AvgIpc) is 3.17. The normalized spacial score (nSPS) is 14.8. The van der Waals surface area contributed by atoms with Gasteiger partial charge in [-0.25, -0.2) is 0 Å². The van der Waals surface area contributed by atoms with Crippen LogP contribution in [0.1, 0.15) is 38.2 Å². The highest BCUT2D eigenvalue weighted by Gasteiger charge is 2.29. The second kappa shape index (κ2) is 6.58. The summed E-state index contributed by atoms with van der Waals surface area (Å²) in [6.07, 6.45) is 5.25. The zero-order valence-electron chi connectivity index (χ0n) is 11.4. The molecule has 3 heteroatoms. The maximum Gasteiger partial charge on any atom is 0.0425 e. The summed E-state index contributed by atoms with van der Waals surface area (Å²) in [5.74, 6) is 0. The SMILES string of the molecule is CCCCN(c1cc(Br)ccc1CNC)C1CC1. The highest BCUT2D eigenvalue weighted by Crippen LogP contribution is 2.35. The molecule has 1 aromatic rings. The van der Waals surface area contributed by atoms with E-state index < -0.39 is 0 Å². The second-order valence-corrected chi connectivity index (χ2v) is 6.00. The molecule has 100 valence electrons. The van der Waals surface area contributed by atoms with Gasteiger partial charge >= 0.3 is 0 Å². The van der Waals surface area contributed by atoms with Crippen molar-refractivity contribution in [2.45, 2.75) is 45.2 Å². The number of anilines is 1. The van der Waals surface area contributed by atoms with Crippen LogP contribution in [0.15, 0.2) is 22.7 Å². The topological polar surface area (TPSA) is 15.3 Å². The van der Waals surface area contributed by atoms with Crippen LogP contribution in [0.5, 0.6) is 0 Å². The van der Waals surface area contributed by atoms with E-state index in [1.54, 1.807) is 0 Å². The van der Waals surface area contributed by atoms with Crippen molar-refractivity contribution in [3.05, 3.63) is 28.2 Å². The molecule has 0 unspecified atom stereocenters. The molecule has 0 bridgehead atoms. The van der Waals surface area contributed by atoms with Crippen molar-refractivity contribution in [2.24, 2.45) is 0 Å². The fourth-order valence-corrected chi connectivity index (χ4v) is 2.71. The van der Waals surface area contributed by atoms with Gasteiger partial charge in [0.2, 0.25) is 0 Å². The first-order valence-electron chi connectivity index (χ1n) is 6.96. The summed E-state index contributed by atoms with van der Waals surface area (Å²) in [4.78, 5) is 2.61. The van der Waals surface area contributed by atoms with Gasteiger partial charge in [0, 0.05) is 29.3 Å². The molecule has 1 fully saturated rings. The predicted octanol–water partition coefficient (Wildman–Crippen LogP) is 3.94. The van der Waals surface area contributed by atoms with Crippen LogP contribution in [0.2, 0.25) is 0 Å². The predicted molar refractivity (Wildman–Crippen MR) is 82.2 cm³/mol. The Hall–Kier alpha value is -0.540. The van der Waals surface area contributed by atoms with Crippen LogP contribution < -0.4 is 10.2 Å². The lowest BCUT2D eigenvalue weighted by molar-refractivity contribution is 0.704. The number of halogens is 1. The van der Waals surface area contributed by atoms with Gasteiger partial charge in [-0.3, -0.25) is 0 Å². The first kappa shape index (κ1) is 13.9. The third-order valence-electron chi connectivity index (χ3n) is 3.46. The van der Waals surface area contributed by atoms with E-state index in [9.17, 15) is 0 Å². The van der Waals surface area contributed by atoms with Crippen LogP contribution >= 0.6 is 15.9 Å². The van der Waals surface area contributed by atoms with Crippen LogP contribution in [0.3, 0.4) is 0 Å². The summed E-state index contributed by atoms with van der Waals surface area (Å²) in [6.45, 7) is 4.40. The fraction of sp³-hybridized carbons (Fsp3) is 0.600. The van der Waals surface area contributed by atoms with E-state index in [0.29, 0.717) is 0 Å². The maximum absolute atomic E-state index is 3.61. The van der Waals surface area contributed by atoms with Crippen molar-refractivity contribution < 1.29 is 0 Å². The van der Waals surface area contributed by atoms with E-state index in [1.807, 2.05) is 7.05 Å². The molecule has 1 aromatic carbocycles. The van der Waals surface area contributed by atoms with Crippen molar-refractivity contribution in [3.63, 3.8) is 0 Å². The summed E-state index contributed by atoms with van der Waals surface area (Å²) in [6, 6.07) is 7.43. The number of rotatable bonds is 7. The minimum absolute atomic E-state index is 0.779. The first-order chi connectivity index (χ1) is 8.76. The monoisotopic (exact) mass is 310 g/mol. The first-order valence-corrected chi connectivity index (χ1v) is 7.75. The van der Waals surface area contributed by atoms with Crippen LogP contribution in [0.25, 0.3) is 0 Å². The number of unbranched alkanes of at least 4 members (excludes halogenated alkanes) is 1. The Bertz CT molecular complexity index is 388. The van der Waals surface area contributed by atoms with Gasteiger partial charge in [-0.05, 0) is 44.0 Å². The van der Waals surface area contributed by atoms with Gasteiger partial charge in [0.25, 0.3) is 0 Å². The molecule has 18 heavy (non-hydrogen) atoms. The Balaban J connectivity index is 2.23. The summed E-state index contributed by atoms with van der Waals surface area (Å²) in [7, 11) is 2.01. The van der Waals surface area contributed by atoms with Crippen LogP contribution in [-0.4, -0.2) is 19.6 Å². The lowest BCUT2D eigenvalue weighted by Gasteiger charge is -2.27. The van der Waals surface area contributed by atoms with Crippen molar-refractivity contribution in [1.29, 1.82) is 0 Å². The molecule has 2 rings (SSSR count). The Morgan fingerprint density at radius 2 is 2.17 bits per heavy atom.